The fraction of sp³-hybridized carbons (Fsp3) is 0.368. The molecule has 0 N–H and O–H groups in total. The average Bonchev–Trinajstić information content (AvgIpc) is 3.36. The van der Waals surface area contributed by atoms with Crippen LogP contribution in [0.2, 0.25) is 0 Å². The van der Waals surface area contributed by atoms with Gasteiger partial charge in [-0.15, -0.1) is 11.3 Å². The summed E-state index contributed by atoms with van der Waals surface area (Å²) in [6, 6.07) is 14.8. The topological polar surface area (TPSA) is 42.2 Å². The molecule has 1 aliphatic rings. The van der Waals surface area contributed by atoms with Crippen molar-refractivity contribution in [1.29, 1.82) is 0 Å². The second-order valence-electron chi connectivity index (χ2n) is 6.31. The SMILES string of the molecule is c1ccc(CCCN2CCC(c3nc(-c4cccs4)no3)C2)cc1. The van der Waals surface area contributed by atoms with Crippen LogP contribution in [0.15, 0.2) is 52.4 Å². The van der Waals surface area contributed by atoms with Gasteiger partial charge in [-0.25, -0.2) is 0 Å². The molecule has 0 amide bonds. The fourth-order valence-corrected chi connectivity index (χ4v) is 3.94. The number of hydrogen-bond donors (Lipinski definition) is 0. The molecule has 1 saturated heterocycles. The molecule has 1 atom stereocenters. The predicted molar refractivity (Wildman–Crippen MR) is 96.2 cm³/mol. The summed E-state index contributed by atoms with van der Waals surface area (Å²) >= 11 is 1.65. The van der Waals surface area contributed by atoms with Gasteiger partial charge in [0.2, 0.25) is 11.7 Å². The van der Waals surface area contributed by atoms with Gasteiger partial charge in [-0.3, -0.25) is 0 Å². The highest BCUT2D eigenvalue weighted by Crippen LogP contribution is 2.29. The highest BCUT2D eigenvalue weighted by molar-refractivity contribution is 7.13. The molecule has 1 aromatic carbocycles. The normalized spacial score (nSPS) is 18.2. The Balaban J connectivity index is 1.29. The second-order valence-corrected chi connectivity index (χ2v) is 7.26. The van der Waals surface area contributed by atoms with Crippen molar-refractivity contribution in [3.8, 4) is 10.7 Å². The van der Waals surface area contributed by atoms with Crippen molar-refractivity contribution in [3.05, 3.63) is 59.3 Å². The van der Waals surface area contributed by atoms with E-state index in [0.717, 1.165) is 49.1 Å². The van der Waals surface area contributed by atoms with Crippen molar-refractivity contribution in [3.63, 3.8) is 0 Å². The molecule has 3 aromatic rings. The summed E-state index contributed by atoms with van der Waals surface area (Å²) < 4.78 is 5.51. The van der Waals surface area contributed by atoms with E-state index in [2.05, 4.69) is 45.4 Å². The van der Waals surface area contributed by atoms with Gasteiger partial charge in [0.15, 0.2) is 0 Å². The molecule has 2 aromatic heterocycles. The van der Waals surface area contributed by atoms with Gasteiger partial charge in [-0.05, 0) is 49.4 Å². The molecule has 0 spiro atoms. The minimum Gasteiger partial charge on any atom is -0.339 e. The summed E-state index contributed by atoms with van der Waals surface area (Å²) in [5, 5.41) is 6.17. The van der Waals surface area contributed by atoms with Crippen LogP contribution < -0.4 is 0 Å². The summed E-state index contributed by atoms with van der Waals surface area (Å²) in [5.41, 5.74) is 1.42. The molecular formula is C19H21N3OS. The largest absolute Gasteiger partial charge is 0.339 e. The van der Waals surface area contributed by atoms with Crippen LogP contribution in [0, 0.1) is 0 Å². The van der Waals surface area contributed by atoms with Gasteiger partial charge in [0.25, 0.3) is 0 Å². The first kappa shape index (κ1) is 15.5. The minimum absolute atomic E-state index is 0.378. The Morgan fingerprint density at radius 2 is 2.08 bits per heavy atom. The first-order chi connectivity index (χ1) is 11.9. The van der Waals surface area contributed by atoms with Gasteiger partial charge in [-0.1, -0.05) is 41.6 Å². The number of rotatable bonds is 6. The maximum Gasteiger partial charge on any atom is 0.231 e. The van der Waals surface area contributed by atoms with Crippen molar-refractivity contribution in [2.24, 2.45) is 0 Å². The van der Waals surface area contributed by atoms with E-state index >= 15 is 0 Å². The number of nitrogens with zero attached hydrogens (tertiary/aromatic N) is 3. The third-order valence-electron chi connectivity index (χ3n) is 4.59. The Bertz CT molecular complexity index is 754. The van der Waals surface area contributed by atoms with Crippen LogP contribution in [-0.4, -0.2) is 34.7 Å². The van der Waals surface area contributed by atoms with E-state index in [-0.39, 0.29) is 0 Å². The highest BCUT2D eigenvalue weighted by atomic mass is 32.1. The maximum absolute atomic E-state index is 5.51. The van der Waals surface area contributed by atoms with Crippen LogP contribution in [0.4, 0.5) is 0 Å². The van der Waals surface area contributed by atoms with E-state index in [9.17, 15) is 0 Å². The van der Waals surface area contributed by atoms with E-state index in [1.54, 1.807) is 11.3 Å². The highest BCUT2D eigenvalue weighted by Gasteiger charge is 2.28. The van der Waals surface area contributed by atoms with E-state index in [4.69, 9.17) is 4.52 Å². The summed E-state index contributed by atoms with van der Waals surface area (Å²) in [4.78, 5) is 8.19. The summed E-state index contributed by atoms with van der Waals surface area (Å²) in [6.45, 7) is 3.29. The Morgan fingerprint density at radius 1 is 1.17 bits per heavy atom. The third kappa shape index (κ3) is 3.57. The molecule has 4 nitrogen and oxygen atoms in total. The van der Waals surface area contributed by atoms with Gasteiger partial charge in [0.05, 0.1) is 10.8 Å². The van der Waals surface area contributed by atoms with Gasteiger partial charge < -0.3 is 9.42 Å². The van der Waals surface area contributed by atoms with Crippen LogP contribution in [0.5, 0.6) is 0 Å². The zero-order valence-corrected chi connectivity index (χ0v) is 14.4. The molecule has 0 radical (unpaired) electrons. The van der Waals surface area contributed by atoms with Crippen molar-refractivity contribution in [2.75, 3.05) is 19.6 Å². The van der Waals surface area contributed by atoms with E-state index in [1.807, 2.05) is 17.5 Å². The molecule has 24 heavy (non-hydrogen) atoms. The maximum atomic E-state index is 5.51. The lowest BCUT2D eigenvalue weighted by atomic mass is 10.1. The standard InChI is InChI=1S/C19H21N3OS/c1-2-6-15(7-3-1)8-4-11-22-12-10-16(14-22)19-20-18(21-23-19)17-9-5-13-24-17/h1-3,5-7,9,13,16H,4,8,10-12,14H2. The number of likely N-dealkylation sites (tertiary alicyclic amines) is 1. The second kappa shape index (κ2) is 7.28. The van der Waals surface area contributed by atoms with Crippen LogP contribution >= 0.6 is 11.3 Å². The summed E-state index contributed by atoms with van der Waals surface area (Å²) in [5.74, 6) is 1.90. The lowest BCUT2D eigenvalue weighted by Crippen LogP contribution is -2.22. The molecule has 0 bridgehead atoms. The lowest BCUT2D eigenvalue weighted by Gasteiger charge is -2.14. The Hall–Kier alpha value is -1.98. The third-order valence-corrected chi connectivity index (χ3v) is 5.45. The zero-order valence-electron chi connectivity index (χ0n) is 13.6. The number of aryl methyl sites for hydroxylation is 1. The molecule has 0 saturated carbocycles. The molecule has 4 rings (SSSR count). The first-order valence-corrected chi connectivity index (χ1v) is 9.40. The molecule has 1 aliphatic heterocycles. The number of thiophene rings is 1. The van der Waals surface area contributed by atoms with Crippen LogP contribution in [-0.2, 0) is 6.42 Å². The van der Waals surface area contributed by atoms with Crippen LogP contribution in [0.25, 0.3) is 10.7 Å². The first-order valence-electron chi connectivity index (χ1n) is 8.52. The molecule has 0 aliphatic carbocycles. The predicted octanol–water partition coefficient (Wildman–Crippen LogP) is 4.22. The Morgan fingerprint density at radius 3 is 2.92 bits per heavy atom. The molecular weight excluding hydrogens is 318 g/mol. The number of aromatic nitrogens is 2. The lowest BCUT2D eigenvalue weighted by molar-refractivity contribution is 0.312. The Kier molecular flexibility index (Phi) is 4.71. The van der Waals surface area contributed by atoms with E-state index < -0.39 is 0 Å². The molecule has 124 valence electrons. The van der Waals surface area contributed by atoms with Gasteiger partial charge >= 0.3 is 0 Å². The van der Waals surface area contributed by atoms with E-state index in [1.165, 1.54) is 12.0 Å². The van der Waals surface area contributed by atoms with Gasteiger partial charge in [0, 0.05) is 6.54 Å². The molecule has 1 fully saturated rings. The van der Waals surface area contributed by atoms with Crippen LogP contribution in [0.3, 0.4) is 0 Å². The number of hydrogen-bond acceptors (Lipinski definition) is 5. The fourth-order valence-electron chi connectivity index (χ4n) is 3.30. The quantitative estimate of drug-likeness (QED) is 0.674. The van der Waals surface area contributed by atoms with Crippen molar-refractivity contribution in [2.45, 2.75) is 25.2 Å². The van der Waals surface area contributed by atoms with E-state index in [0.29, 0.717) is 5.92 Å². The van der Waals surface area contributed by atoms with Gasteiger partial charge in [0.1, 0.15) is 0 Å². The summed E-state index contributed by atoms with van der Waals surface area (Å²) in [6.07, 6.45) is 3.45. The zero-order chi connectivity index (χ0) is 16.2. The average molecular weight is 339 g/mol. The van der Waals surface area contributed by atoms with Crippen molar-refractivity contribution in [1.82, 2.24) is 15.0 Å². The van der Waals surface area contributed by atoms with Crippen LogP contribution in [0.1, 0.15) is 30.2 Å². The smallest absolute Gasteiger partial charge is 0.231 e. The molecule has 3 heterocycles. The van der Waals surface area contributed by atoms with Gasteiger partial charge in [-0.2, -0.15) is 4.98 Å². The summed E-state index contributed by atoms with van der Waals surface area (Å²) in [7, 11) is 0. The van der Waals surface area contributed by atoms with Crippen molar-refractivity contribution >= 4 is 11.3 Å². The monoisotopic (exact) mass is 339 g/mol. The molecule has 5 heteroatoms. The minimum atomic E-state index is 0.378. The number of benzene rings is 1. The van der Waals surface area contributed by atoms with Crippen molar-refractivity contribution < 1.29 is 4.52 Å². The molecule has 1 unspecified atom stereocenters. The Labute approximate surface area is 146 Å².